The van der Waals surface area contributed by atoms with Crippen molar-refractivity contribution in [2.75, 3.05) is 52.0 Å². The fraction of sp³-hybridized carbons (Fsp3) is 0.282. The molecular formula is C85H84N4O11S. The lowest BCUT2D eigenvalue weighted by molar-refractivity contribution is -0.150. The molecule has 15 nitrogen and oxygen atoms in total. The van der Waals surface area contributed by atoms with Gasteiger partial charge in [-0.2, -0.15) is 10.2 Å². The molecular weight excluding hydrogens is 1290 g/mol. The Morgan fingerprint density at radius 3 is 1.55 bits per heavy atom. The number of ether oxygens (including phenoxy) is 8. The highest BCUT2D eigenvalue weighted by Crippen LogP contribution is 2.39. The first-order valence-corrected chi connectivity index (χ1v) is 36.0. The number of thioether (sulfide) groups is 1. The molecule has 516 valence electrons. The van der Waals surface area contributed by atoms with E-state index in [0.29, 0.717) is 95.1 Å². The van der Waals surface area contributed by atoms with Crippen molar-refractivity contribution in [3.63, 3.8) is 0 Å². The van der Waals surface area contributed by atoms with E-state index in [4.69, 9.17) is 48.1 Å². The number of aryl methyl sites for hydroxylation is 1. The van der Waals surface area contributed by atoms with Gasteiger partial charge in [-0.1, -0.05) is 137 Å². The molecule has 0 aromatic heterocycles. The molecule has 16 heteroatoms. The van der Waals surface area contributed by atoms with Crippen LogP contribution in [0.3, 0.4) is 0 Å². The molecule has 0 radical (unpaired) electrons. The van der Waals surface area contributed by atoms with Gasteiger partial charge in [-0.05, 0) is 194 Å². The number of unbranched alkanes of at least 4 members (excludes halogenated alkanes) is 5. The normalized spacial score (nSPS) is 13.1. The fourth-order valence-electron chi connectivity index (χ4n) is 12.3. The van der Waals surface area contributed by atoms with Gasteiger partial charge in [0.25, 0.3) is 0 Å². The summed E-state index contributed by atoms with van der Waals surface area (Å²) in [7, 11) is 0. The third-order valence-corrected chi connectivity index (χ3v) is 19.2. The predicted molar refractivity (Wildman–Crippen MR) is 400 cm³/mol. The van der Waals surface area contributed by atoms with Gasteiger partial charge in [0.05, 0.1) is 68.8 Å². The second-order valence-corrected chi connectivity index (χ2v) is 27.1. The average Bonchev–Trinajstić information content (AvgIpc) is 1.63. The lowest BCUT2D eigenvalue weighted by Gasteiger charge is -2.40. The smallest absolute Gasteiger partial charge is 0.344 e. The van der Waals surface area contributed by atoms with E-state index in [-0.39, 0.29) is 16.9 Å². The summed E-state index contributed by atoms with van der Waals surface area (Å²) in [5.74, 6) is 2.67. The summed E-state index contributed by atoms with van der Waals surface area (Å²) in [4.78, 5) is 42.6. The van der Waals surface area contributed by atoms with Crippen molar-refractivity contribution >= 4 is 53.5 Å². The summed E-state index contributed by atoms with van der Waals surface area (Å²) in [6.07, 6.45) is 13.1. The minimum absolute atomic E-state index is 0.187. The van der Waals surface area contributed by atoms with Gasteiger partial charge in [0.2, 0.25) is 0 Å². The van der Waals surface area contributed by atoms with Crippen LogP contribution >= 0.6 is 11.8 Å². The van der Waals surface area contributed by atoms with Gasteiger partial charge in [0, 0.05) is 50.3 Å². The standard InChI is InChI=1S/C85H84N4O11S/c1-5-85(56-94-57-85)55-93-45-17-6-7-18-48-97-78-43-33-61(50-59(78)4)83(91)100-79-44-39-67(52-63(79)54-87-89-81-76-29-14-10-25-72(76)73-26-11-15-30-77(73)81)99-82(90)60-31-34-64(35-32-60)95-46-19-20-47-96-66-38-42-69(84(92)98-65-36-40-68(41-37-65)101-49-21-16-22-58(2)3)62(51-66)53-86-88-80-74-27-12-8-23-70(74)71-24-9-13-28-75(71)80/h8-15,23-44,50-54,58H,5-7,16-22,45-49,55-57H2,1-4H3/b86-53+,87-54+. The van der Waals surface area contributed by atoms with Crippen molar-refractivity contribution in [2.45, 2.75) is 96.8 Å². The second-order valence-electron chi connectivity index (χ2n) is 26.0. The zero-order valence-corrected chi connectivity index (χ0v) is 58.5. The van der Waals surface area contributed by atoms with Crippen molar-refractivity contribution in [1.29, 1.82) is 0 Å². The van der Waals surface area contributed by atoms with Gasteiger partial charge in [0.15, 0.2) is 0 Å². The minimum Gasteiger partial charge on any atom is -0.494 e. The van der Waals surface area contributed by atoms with Gasteiger partial charge in [-0.3, -0.25) is 0 Å². The highest BCUT2D eigenvalue weighted by Gasteiger charge is 2.37. The van der Waals surface area contributed by atoms with Gasteiger partial charge in [-0.25, -0.2) is 14.4 Å². The van der Waals surface area contributed by atoms with E-state index in [1.165, 1.54) is 19.1 Å². The molecule has 9 aromatic rings. The van der Waals surface area contributed by atoms with Crippen LogP contribution in [0.25, 0.3) is 22.3 Å². The number of esters is 3. The molecule has 1 saturated heterocycles. The Hall–Kier alpha value is -10.3. The van der Waals surface area contributed by atoms with Crippen LogP contribution in [0.2, 0.25) is 0 Å². The second kappa shape index (κ2) is 34.7. The summed E-state index contributed by atoms with van der Waals surface area (Å²) >= 11 is 1.81. The quantitative estimate of drug-likeness (QED) is 0.00933. The van der Waals surface area contributed by atoms with Crippen molar-refractivity contribution in [3.8, 4) is 56.8 Å². The lowest BCUT2D eigenvalue weighted by Crippen LogP contribution is -2.45. The van der Waals surface area contributed by atoms with Crippen molar-refractivity contribution < 1.29 is 52.3 Å². The van der Waals surface area contributed by atoms with Crippen molar-refractivity contribution in [2.24, 2.45) is 31.7 Å². The Balaban J connectivity index is 0.649. The van der Waals surface area contributed by atoms with Crippen LogP contribution in [-0.2, 0) is 9.47 Å². The number of nitrogens with zero attached hydrogens (tertiary/aromatic N) is 4. The van der Waals surface area contributed by atoms with Gasteiger partial charge >= 0.3 is 17.9 Å². The first kappa shape index (κ1) is 70.6. The maximum atomic E-state index is 13.9. The fourth-order valence-corrected chi connectivity index (χ4v) is 13.2. The zero-order valence-electron chi connectivity index (χ0n) is 57.7. The van der Waals surface area contributed by atoms with Crippen LogP contribution in [0.5, 0.6) is 34.5 Å². The highest BCUT2D eigenvalue weighted by atomic mass is 32.2. The SMILES string of the molecule is CCC1(COCCCCCCOc2ccc(C(=O)Oc3ccc(OC(=O)c4ccc(OCCCCOc5ccc(C(=O)Oc6ccc(SCCCCC(C)C)cc6)c(/C=N/N=C6c7ccccc7-c7ccccc76)c5)cc4)cc3/C=N/N=C3c4ccccc4-c4ccccc43)cc2C)COC1. The zero-order chi connectivity index (χ0) is 69.8. The molecule has 12 rings (SSSR count). The number of carbonyl (C=O) groups excluding carboxylic acids is 3. The summed E-state index contributed by atoms with van der Waals surface area (Å²) in [6, 6.07) is 61.9. The first-order chi connectivity index (χ1) is 49.5. The molecule has 0 atom stereocenters. The maximum absolute atomic E-state index is 13.9. The van der Waals surface area contributed by atoms with E-state index in [2.05, 4.69) is 55.2 Å². The summed E-state index contributed by atoms with van der Waals surface area (Å²) in [6.45, 7) is 13.0. The maximum Gasteiger partial charge on any atom is 0.344 e. The van der Waals surface area contributed by atoms with Gasteiger partial charge in [-0.15, -0.1) is 22.0 Å². The Bertz CT molecular complexity index is 4400. The average molecular weight is 1370 g/mol. The lowest BCUT2D eigenvalue weighted by atomic mass is 9.84. The largest absolute Gasteiger partial charge is 0.494 e. The molecule has 0 N–H and O–H groups in total. The van der Waals surface area contributed by atoms with Crippen LogP contribution in [0.4, 0.5) is 0 Å². The van der Waals surface area contributed by atoms with Crippen LogP contribution in [0, 0.1) is 18.3 Å². The molecule has 0 bridgehead atoms. The van der Waals surface area contributed by atoms with E-state index in [0.717, 1.165) is 131 Å². The van der Waals surface area contributed by atoms with E-state index >= 15 is 0 Å². The van der Waals surface area contributed by atoms with E-state index < -0.39 is 17.9 Å². The molecule has 2 aliphatic carbocycles. The third kappa shape index (κ3) is 18.4. The number of fused-ring (bicyclic) bond motifs is 6. The topological polar surface area (TPSA) is 174 Å². The first-order valence-electron chi connectivity index (χ1n) is 35.0. The summed E-state index contributed by atoms with van der Waals surface area (Å²) in [5, 5.41) is 18.5. The highest BCUT2D eigenvalue weighted by molar-refractivity contribution is 7.99. The molecule has 1 heterocycles. The van der Waals surface area contributed by atoms with Crippen LogP contribution in [-0.4, -0.2) is 93.8 Å². The number of rotatable bonds is 34. The molecule has 101 heavy (non-hydrogen) atoms. The Kier molecular flexibility index (Phi) is 24.2. The van der Waals surface area contributed by atoms with E-state index in [9.17, 15) is 14.4 Å². The molecule has 3 aliphatic rings. The van der Waals surface area contributed by atoms with Gasteiger partial charge < -0.3 is 37.9 Å². The molecule has 0 amide bonds. The summed E-state index contributed by atoms with van der Waals surface area (Å²) in [5.41, 5.74) is 12.4. The molecule has 9 aromatic carbocycles. The van der Waals surface area contributed by atoms with Crippen LogP contribution < -0.4 is 28.4 Å². The number of carbonyl (C=O) groups is 3. The van der Waals surface area contributed by atoms with Crippen LogP contribution in [0.1, 0.15) is 155 Å². The van der Waals surface area contributed by atoms with Crippen molar-refractivity contribution in [1.82, 2.24) is 0 Å². The Morgan fingerprint density at radius 1 is 0.475 bits per heavy atom. The number of hydrogen-bond acceptors (Lipinski definition) is 16. The molecule has 0 spiro atoms. The Morgan fingerprint density at radius 2 is 0.970 bits per heavy atom. The molecule has 1 fully saturated rings. The molecule has 0 unspecified atom stereocenters. The van der Waals surface area contributed by atoms with E-state index in [1.807, 2.05) is 104 Å². The van der Waals surface area contributed by atoms with Crippen molar-refractivity contribution in [3.05, 3.63) is 256 Å². The van der Waals surface area contributed by atoms with Crippen LogP contribution in [0.15, 0.2) is 225 Å². The summed E-state index contributed by atoms with van der Waals surface area (Å²) < 4.78 is 47.7. The number of hydrogen-bond donors (Lipinski definition) is 0. The third-order valence-electron chi connectivity index (χ3n) is 18.1. The Labute approximate surface area is 595 Å². The van der Waals surface area contributed by atoms with E-state index in [1.54, 1.807) is 96.8 Å². The minimum atomic E-state index is -0.607. The number of benzene rings is 9. The monoisotopic (exact) mass is 1370 g/mol. The van der Waals surface area contributed by atoms with Gasteiger partial charge in [0.1, 0.15) is 45.9 Å². The predicted octanol–water partition coefficient (Wildman–Crippen LogP) is 18.9. The molecule has 1 aliphatic heterocycles. The molecule has 0 saturated carbocycles.